The minimum absolute atomic E-state index is 0.0445. The second-order valence-electron chi connectivity index (χ2n) is 9.26. The molecule has 9 nitrogen and oxygen atoms in total. The standard InChI is InChI=1S/C30H31F3N2O7/c31-30(32,33)41-26-13-9-21(10-14-26)29(37)40-25-11-6-20(7-12-25)8-15-28(36)39-16-4-2-1-3-5-27(42-38)22-17-23(34)19-24(35)18-22/h6-15,17-19,27,38H,1-5,16,34-35H2/b15-8+. The number of nitrogen functional groups attached to an aromatic ring is 2. The number of rotatable bonds is 14. The van der Waals surface area contributed by atoms with Gasteiger partial charge in [0.2, 0.25) is 0 Å². The molecule has 0 aromatic heterocycles. The van der Waals surface area contributed by atoms with Crippen LogP contribution in [-0.4, -0.2) is 30.2 Å². The number of carbonyl (C=O) groups excluding carboxylic acids is 2. The maximum Gasteiger partial charge on any atom is 0.573 e. The average Bonchev–Trinajstić information content (AvgIpc) is 2.93. The van der Waals surface area contributed by atoms with E-state index in [4.69, 9.17) is 20.9 Å². The number of alkyl halides is 3. The summed E-state index contributed by atoms with van der Waals surface area (Å²) in [5.74, 6) is -1.50. The number of hydrogen-bond acceptors (Lipinski definition) is 9. The molecule has 0 amide bonds. The van der Waals surface area contributed by atoms with Gasteiger partial charge in [-0.1, -0.05) is 31.4 Å². The molecule has 0 aliphatic rings. The van der Waals surface area contributed by atoms with Gasteiger partial charge in [-0.15, -0.1) is 13.2 Å². The van der Waals surface area contributed by atoms with Gasteiger partial charge in [-0.25, -0.2) is 14.5 Å². The molecule has 0 aliphatic heterocycles. The lowest BCUT2D eigenvalue weighted by Gasteiger charge is -2.15. The smallest absolute Gasteiger partial charge is 0.463 e. The van der Waals surface area contributed by atoms with Crippen LogP contribution in [0.1, 0.15) is 59.7 Å². The van der Waals surface area contributed by atoms with Crippen molar-refractivity contribution < 1.29 is 47.1 Å². The summed E-state index contributed by atoms with van der Waals surface area (Å²) < 4.78 is 51.0. The van der Waals surface area contributed by atoms with Gasteiger partial charge in [-0.05, 0) is 84.6 Å². The Morgan fingerprint density at radius 3 is 2.10 bits per heavy atom. The number of halogens is 3. The van der Waals surface area contributed by atoms with Crippen LogP contribution in [0.4, 0.5) is 24.5 Å². The molecule has 3 aromatic rings. The molecule has 1 unspecified atom stereocenters. The number of hydrogen-bond donors (Lipinski definition) is 3. The van der Waals surface area contributed by atoms with E-state index >= 15 is 0 Å². The summed E-state index contributed by atoms with van der Waals surface area (Å²) in [4.78, 5) is 28.8. The van der Waals surface area contributed by atoms with Crippen molar-refractivity contribution in [2.75, 3.05) is 18.1 Å². The van der Waals surface area contributed by atoms with Crippen LogP contribution in [0.5, 0.6) is 11.5 Å². The van der Waals surface area contributed by atoms with Gasteiger partial charge < -0.3 is 25.7 Å². The molecule has 42 heavy (non-hydrogen) atoms. The molecule has 0 bridgehead atoms. The van der Waals surface area contributed by atoms with Crippen molar-refractivity contribution in [1.29, 1.82) is 0 Å². The largest absolute Gasteiger partial charge is 0.573 e. The predicted octanol–water partition coefficient (Wildman–Crippen LogP) is 6.71. The Labute approximate surface area is 240 Å². The van der Waals surface area contributed by atoms with Gasteiger partial charge in [-0.2, -0.15) is 0 Å². The first-order valence-corrected chi connectivity index (χ1v) is 13.0. The van der Waals surface area contributed by atoms with Crippen molar-refractivity contribution >= 4 is 29.4 Å². The van der Waals surface area contributed by atoms with E-state index in [2.05, 4.69) is 9.62 Å². The Morgan fingerprint density at radius 1 is 0.857 bits per heavy atom. The highest BCUT2D eigenvalue weighted by molar-refractivity contribution is 5.91. The normalized spacial score (nSPS) is 12.2. The SMILES string of the molecule is Nc1cc(N)cc(C(CCCCCCOC(=O)/C=C/c2ccc(OC(=O)c3ccc(OC(F)(F)F)cc3)cc2)OO)c1. The van der Waals surface area contributed by atoms with E-state index in [1.54, 1.807) is 36.4 Å². The summed E-state index contributed by atoms with van der Waals surface area (Å²) in [6.07, 6.45) is 1.18. The van der Waals surface area contributed by atoms with Crippen LogP contribution in [0.3, 0.4) is 0 Å². The number of carbonyl (C=O) groups is 2. The van der Waals surface area contributed by atoms with Gasteiger partial charge in [0.05, 0.1) is 12.2 Å². The Bertz CT molecular complexity index is 1320. The van der Waals surface area contributed by atoms with Gasteiger partial charge in [-0.3, -0.25) is 5.26 Å². The molecule has 0 spiro atoms. The lowest BCUT2D eigenvalue weighted by atomic mass is 10.0. The molecule has 0 aliphatic carbocycles. The van der Waals surface area contributed by atoms with Crippen LogP contribution in [-0.2, 0) is 14.4 Å². The number of anilines is 2. The molecule has 5 N–H and O–H groups in total. The molecule has 224 valence electrons. The summed E-state index contributed by atoms with van der Waals surface area (Å²) in [5, 5.41) is 9.23. The Hall–Kier alpha value is -4.55. The van der Waals surface area contributed by atoms with Gasteiger partial charge in [0.15, 0.2) is 0 Å². The zero-order chi connectivity index (χ0) is 30.5. The van der Waals surface area contributed by atoms with E-state index in [1.165, 1.54) is 18.2 Å². The first-order chi connectivity index (χ1) is 20.0. The number of ether oxygens (including phenoxy) is 3. The maximum atomic E-state index is 12.3. The highest BCUT2D eigenvalue weighted by Crippen LogP contribution is 2.27. The van der Waals surface area contributed by atoms with Crippen LogP contribution in [0, 0.1) is 0 Å². The molecule has 0 heterocycles. The Morgan fingerprint density at radius 2 is 1.48 bits per heavy atom. The lowest BCUT2D eigenvalue weighted by Crippen LogP contribution is -2.17. The van der Waals surface area contributed by atoms with Crippen molar-refractivity contribution in [3.05, 3.63) is 89.5 Å². The minimum atomic E-state index is -4.83. The fraction of sp³-hybridized carbons (Fsp3) is 0.267. The molecule has 12 heteroatoms. The van der Waals surface area contributed by atoms with E-state index in [-0.39, 0.29) is 17.9 Å². The quantitative estimate of drug-likeness (QED) is 0.0356. The van der Waals surface area contributed by atoms with Crippen molar-refractivity contribution in [2.45, 2.75) is 44.6 Å². The number of benzene rings is 3. The van der Waals surface area contributed by atoms with Crippen LogP contribution >= 0.6 is 0 Å². The van der Waals surface area contributed by atoms with Crippen LogP contribution in [0.25, 0.3) is 6.08 Å². The summed E-state index contributed by atoms with van der Waals surface area (Å²) in [7, 11) is 0. The van der Waals surface area contributed by atoms with Crippen molar-refractivity contribution in [3.8, 4) is 11.5 Å². The molecule has 3 rings (SSSR count). The Balaban J connectivity index is 1.33. The van der Waals surface area contributed by atoms with Crippen LogP contribution < -0.4 is 20.9 Å². The van der Waals surface area contributed by atoms with Gasteiger partial charge in [0, 0.05) is 17.5 Å². The Kier molecular flexibility index (Phi) is 11.8. The molecule has 0 saturated carbocycles. The second-order valence-corrected chi connectivity index (χ2v) is 9.26. The highest BCUT2D eigenvalue weighted by atomic mass is 19.4. The number of unbranched alkanes of at least 4 members (excludes halogenated alkanes) is 3. The molecular formula is C30H31F3N2O7. The van der Waals surface area contributed by atoms with Gasteiger partial charge in [0.1, 0.15) is 17.6 Å². The number of nitrogens with two attached hydrogens (primary N) is 2. The summed E-state index contributed by atoms with van der Waals surface area (Å²) in [6, 6.07) is 15.7. The summed E-state index contributed by atoms with van der Waals surface area (Å²) in [6.45, 7) is 0.257. The second kappa shape index (κ2) is 15.5. The topological polar surface area (TPSA) is 143 Å². The van der Waals surface area contributed by atoms with E-state index in [0.717, 1.165) is 43.5 Å². The molecule has 0 radical (unpaired) electrons. The minimum Gasteiger partial charge on any atom is -0.463 e. The first-order valence-electron chi connectivity index (χ1n) is 13.0. The van der Waals surface area contributed by atoms with Crippen molar-refractivity contribution in [3.63, 3.8) is 0 Å². The van der Waals surface area contributed by atoms with Crippen LogP contribution in [0.15, 0.2) is 72.8 Å². The third-order valence-corrected chi connectivity index (χ3v) is 5.93. The first kappa shape index (κ1) is 32.0. The van der Waals surface area contributed by atoms with E-state index in [9.17, 15) is 28.0 Å². The molecule has 3 aromatic carbocycles. The van der Waals surface area contributed by atoms with E-state index in [1.807, 2.05) is 0 Å². The molecule has 1 atom stereocenters. The summed E-state index contributed by atoms with van der Waals surface area (Å²) in [5.41, 5.74) is 14.0. The fourth-order valence-corrected chi connectivity index (χ4v) is 3.94. The molecule has 0 saturated heterocycles. The summed E-state index contributed by atoms with van der Waals surface area (Å²) >= 11 is 0. The molecular weight excluding hydrogens is 557 g/mol. The zero-order valence-corrected chi connectivity index (χ0v) is 22.5. The van der Waals surface area contributed by atoms with E-state index < -0.39 is 30.2 Å². The predicted molar refractivity (Wildman–Crippen MR) is 149 cm³/mol. The third kappa shape index (κ3) is 11.1. The van der Waals surface area contributed by atoms with Gasteiger partial charge in [0.25, 0.3) is 0 Å². The van der Waals surface area contributed by atoms with Crippen molar-refractivity contribution in [1.82, 2.24) is 0 Å². The monoisotopic (exact) mass is 588 g/mol. The van der Waals surface area contributed by atoms with E-state index in [0.29, 0.717) is 35.3 Å². The maximum absolute atomic E-state index is 12.3. The number of esters is 2. The highest BCUT2D eigenvalue weighted by Gasteiger charge is 2.31. The third-order valence-electron chi connectivity index (χ3n) is 5.93. The molecule has 0 fully saturated rings. The van der Waals surface area contributed by atoms with Crippen molar-refractivity contribution in [2.24, 2.45) is 0 Å². The average molecular weight is 589 g/mol. The fourth-order valence-electron chi connectivity index (χ4n) is 3.94. The van der Waals surface area contributed by atoms with Crippen LogP contribution in [0.2, 0.25) is 0 Å². The zero-order valence-electron chi connectivity index (χ0n) is 22.5. The van der Waals surface area contributed by atoms with Gasteiger partial charge >= 0.3 is 18.3 Å². The lowest BCUT2D eigenvalue weighted by molar-refractivity contribution is -0.283.